The Kier molecular flexibility index (Phi) is 7.47. The van der Waals surface area contributed by atoms with E-state index in [0.29, 0.717) is 34.1 Å². The summed E-state index contributed by atoms with van der Waals surface area (Å²) in [7, 11) is 3.17. The van der Waals surface area contributed by atoms with Gasteiger partial charge in [0, 0.05) is 6.54 Å². The van der Waals surface area contributed by atoms with Crippen LogP contribution in [0, 0.1) is 11.7 Å². The Morgan fingerprint density at radius 2 is 1.76 bits per heavy atom. The molecule has 1 heterocycles. The summed E-state index contributed by atoms with van der Waals surface area (Å²) >= 11 is 0. The second-order valence-electron chi connectivity index (χ2n) is 8.54. The van der Waals surface area contributed by atoms with Gasteiger partial charge in [-0.1, -0.05) is 25.3 Å². The predicted octanol–water partition coefficient (Wildman–Crippen LogP) is 4.82. The van der Waals surface area contributed by atoms with Crippen LogP contribution in [0.2, 0.25) is 0 Å². The Morgan fingerprint density at radius 1 is 1.12 bits per heavy atom. The molecule has 2 aromatic carbocycles. The van der Waals surface area contributed by atoms with Gasteiger partial charge in [0.05, 0.1) is 36.9 Å². The molecule has 1 atom stereocenters. The molecule has 0 radical (unpaired) electrons. The van der Waals surface area contributed by atoms with Gasteiger partial charge in [0.2, 0.25) is 0 Å². The molecule has 34 heavy (non-hydrogen) atoms. The summed E-state index contributed by atoms with van der Waals surface area (Å²) in [6, 6.07) is 12.8. The molecular formula is C26H30FN3O4. The topological polar surface area (TPSA) is 85.6 Å². The summed E-state index contributed by atoms with van der Waals surface area (Å²) in [4.78, 5) is 12.0. The summed E-state index contributed by atoms with van der Waals surface area (Å²) < 4.78 is 26.5. The Morgan fingerprint density at radius 3 is 2.35 bits per heavy atom. The molecule has 0 aliphatic heterocycles. The van der Waals surface area contributed by atoms with E-state index < -0.39 is 12.0 Å². The molecule has 0 bridgehead atoms. The molecule has 0 spiro atoms. The van der Waals surface area contributed by atoms with Gasteiger partial charge in [-0.3, -0.25) is 10.1 Å². The highest BCUT2D eigenvalue weighted by Gasteiger charge is 2.29. The first-order valence-corrected chi connectivity index (χ1v) is 11.5. The number of rotatable bonds is 9. The summed E-state index contributed by atoms with van der Waals surface area (Å²) in [5.41, 5.74) is 2.73. The average molecular weight is 468 g/mol. The van der Waals surface area contributed by atoms with Crippen molar-refractivity contribution in [1.82, 2.24) is 15.1 Å². The first kappa shape index (κ1) is 23.8. The molecule has 1 aromatic heterocycles. The SMILES string of the molecule is COc1cccc(OC)c1-c1cc(CN[C@H](C(=O)O)C2CCCCC2)nn1-c1ccc(F)cc1. The van der Waals surface area contributed by atoms with Crippen molar-refractivity contribution in [3.05, 3.63) is 60.0 Å². The molecule has 8 heteroatoms. The highest BCUT2D eigenvalue weighted by Crippen LogP contribution is 2.39. The van der Waals surface area contributed by atoms with E-state index in [-0.39, 0.29) is 18.3 Å². The lowest BCUT2D eigenvalue weighted by Gasteiger charge is -2.27. The molecule has 1 aliphatic rings. The number of carboxylic acids is 1. The minimum absolute atomic E-state index is 0.110. The first-order chi connectivity index (χ1) is 16.5. The molecule has 7 nitrogen and oxygen atoms in total. The number of methoxy groups -OCH3 is 2. The van der Waals surface area contributed by atoms with E-state index in [0.717, 1.165) is 32.1 Å². The maximum absolute atomic E-state index is 13.6. The quantitative estimate of drug-likeness (QED) is 0.469. The average Bonchev–Trinajstić information content (AvgIpc) is 3.28. The van der Waals surface area contributed by atoms with E-state index >= 15 is 0 Å². The largest absolute Gasteiger partial charge is 0.496 e. The van der Waals surface area contributed by atoms with Crippen LogP contribution in [-0.2, 0) is 11.3 Å². The second kappa shape index (κ2) is 10.7. The zero-order chi connectivity index (χ0) is 24.1. The number of hydrogen-bond acceptors (Lipinski definition) is 5. The van der Waals surface area contributed by atoms with Crippen molar-refractivity contribution in [2.75, 3.05) is 14.2 Å². The predicted molar refractivity (Wildman–Crippen MR) is 127 cm³/mol. The van der Waals surface area contributed by atoms with Crippen molar-refractivity contribution in [1.29, 1.82) is 0 Å². The van der Waals surface area contributed by atoms with Gasteiger partial charge in [-0.25, -0.2) is 9.07 Å². The minimum atomic E-state index is -0.837. The molecule has 1 fully saturated rings. The van der Waals surface area contributed by atoms with Gasteiger partial charge in [0.15, 0.2) is 0 Å². The fourth-order valence-electron chi connectivity index (χ4n) is 4.72. The van der Waals surface area contributed by atoms with E-state index in [2.05, 4.69) is 5.32 Å². The van der Waals surface area contributed by atoms with Crippen molar-refractivity contribution in [3.63, 3.8) is 0 Å². The van der Waals surface area contributed by atoms with Crippen molar-refractivity contribution in [3.8, 4) is 28.4 Å². The highest BCUT2D eigenvalue weighted by atomic mass is 19.1. The third-order valence-corrected chi connectivity index (χ3v) is 6.41. The van der Waals surface area contributed by atoms with E-state index in [1.165, 1.54) is 12.1 Å². The molecule has 0 amide bonds. The number of nitrogens with one attached hydrogen (secondary N) is 1. The molecule has 1 saturated carbocycles. The standard InChI is InChI=1S/C26H30FN3O4/c1-33-22-9-6-10-23(34-2)24(22)21-15-19(29-30(21)20-13-11-18(27)12-14-20)16-28-25(26(31)32)17-7-4-3-5-8-17/h6,9-15,17,25,28H,3-5,7-8,16H2,1-2H3,(H,31,32)/t25-/m0/s1. The molecule has 0 saturated heterocycles. The normalized spacial score (nSPS) is 15.1. The number of aliphatic carboxylic acids is 1. The maximum Gasteiger partial charge on any atom is 0.320 e. The smallest absolute Gasteiger partial charge is 0.320 e. The van der Waals surface area contributed by atoms with Gasteiger partial charge < -0.3 is 14.6 Å². The molecule has 3 aromatic rings. The number of hydrogen-bond donors (Lipinski definition) is 2. The van der Waals surface area contributed by atoms with Gasteiger partial charge in [-0.2, -0.15) is 5.10 Å². The lowest BCUT2D eigenvalue weighted by Crippen LogP contribution is -2.43. The second-order valence-corrected chi connectivity index (χ2v) is 8.54. The number of benzene rings is 2. The zero-order valence-electron chi connectivity index (χ0n) is 19.5. The van der Waals surface area contributed by atoms with Gasteiger partial charge >= 0.3 is 5.97 Å². The van der Waals surface area contributed by atoms with Crippen LogP contribution in [0.15, 0.2) is 48.5 Å². The van der Waals surface area contributed by atoms with Crippen LogP contribution < -0.4 is 14.8 Å². The van der Waals surface area contributed by atoms with Crippen LogP contribution in [0.1, 0.15) is 37.8 Å². The molecule has 180 valence electrons. The highest BCUT2D eigenvalue weighted by molar-refractivity contribution is 5.76. The van der Waals surface area contributed by atoms with Crippen LogP contribution in [0.3, 0.4) is 0 Å². The van der Waals surface area contributed by atoms with Gasteiger partial charge in [-0.05, 0) is 61.2 Å². The van der Waals surface area contributed by atoms with E-state index in [1.807, 2.05) is 24.3 Å². The van der Waals surface area contributed by atoms with Crippen molar-refractivity contribution >= 4 is 5.97 Å². The van der Waals surface area contributed by atoms with E-state index in [9.17, 15) is 14.3 Å². The molecule has 2 N–H and O–H groups in total. The number of halogens is 1. The Bertz CT molecular complexity index is 1100. The van der Waals surface area contributed by atoms with Crippen LogP contribution >= 0.6 is 0 Å². The molecule has 4 rings (SSSR count). The van der Waals surface area contributed by atoms with Crippen molar-refractivity contribution in [2.45, 2.75) is 44.7 Å². The maximum atomic E-state index is 13.6. The monoisotopic (exact) mass is 467 g/mol. The summed E-state index contributed by atoms with van der Waals surface area (Å²) in [5.74, 6) is 0.141. The summed E-state index contributed by atoms with van der Waals surface area (Å²) in [5, 5.41) is 17.8. The number of carbonyl (C=O) groups is 1. The fraction of sp³-hybridized carbons (Fsp3) is 0.385. The van der Waals surface area contributed by atoms with Gasteiger partial charge in [-0.15, -0.1) is 0 Å². The fourth-order valence-corrected chi connectivity index (χ4v) is 4.72. The zero-order valence-corrected chi connectivity index (χ0v) is 19.5. The van der Waals surface area contributed by atoms with Crippen LogP contribution in [0.4, 0.5) is 4.39 Å². The summed E-state index contributed by atoms with van der Waals surface area (Å²) in [6.45, 7) is 0.284. The minimum Gasteiger partial charge on any atom is -0.496 e. The Labute approximate surface area is 198 Å². The van der Waals surface area contributed by atoms with Gasteiger partial charge in [0.1, 0.15) is 23.4 Å². The summed E-state index contributed by atoms with van der Waals surface area (Å²) in [6.07, 6.45) is 5.12. The number of carboxylic acid groups (broad SMARTS) is 1. The molecule has 1 aliphatic carbocycles. The lowest BCUT2D eigenvalue weighted by atomic mass is 9.84. The number of ether oxygens (including phenoxy) is 2. The van der Waals surface area contributed by atoms with Crippen LogP contribution in [0.25, 0.3) is 16.9 Å². The first-order valence-electron chi connectivity index (χ1n) is 11.5. The van der Waals surface area contributed by atoms with Crippen LogP contribution in [0.5, 0.6) is 11.5 Å². The van der Waals surface area contributed by atoms with E-state index in [4.69, 9.17) is 14.6 Å². The number of nitrogens with zero attached hydrogens (tertiary/aromatic N) is 2. The molecule has 0 unspecified atom stereocenters. The van der Waals surface area contributed by atoms with E-state index in [1.54, 1.807) is 31.0 Å². The third-order valence-electron chi connectivity index (χ3n) is 6.41. The Hall–Kier alpha value is -3.39. The molecular weight excluding hydrogens is 437 g/mol. The lowest BCUT2D eigenvalue weighted by molar-refractivity contribution is -0.141. The van der Waals surface area contributed by atoms with Gasteiger partial charge in [0.25, 0.3) is 0 Å². The van der Waals surface area contributed by atoms with Crippen molar-refractivity contribution < 1.29 is 23.8 Å². The van der Waals surface area contributed by atoms with Crippen LogP contribution in [-0.4, -0.2) is 41.1 Å². The van der Waals surface area contributed by atoms with Crippen molar-refractivity contribution in [2.24, 2.45) is 5.92 Å². The number of aromatic nitrogens is 2. The Balaban J connectivity index is 1.72. The third kappa shape index (κ3) is 5.07.